The van der Waals surface area contributed by atoms with Crippen molar-refractivity contribution in [2.75, 3.05) is 20.8 Å². The molecule has 1 amide bonds. The highest BCUT2D eigenvalue weighted by molar-refractivity contribution is 6.00. The Balaban J connectivity index is 1.82. The van der Waals surface area contributed by atoms with E-state index in [2.05, 4.69) is 10.3 Å². The molecule has 3 aromatic rings. The van der Waals surface area contributed by atoms with Gasteiger partial charge < -0.3 is 19.5 Å². The Kier molecular flexibility index (Phi) is 6.00. The fourth-order valence-electron chi connectivity index (χ4n) is 3.98. The lowest BCUT2D eigenvalue weighted by Crippen LogP contribution is -2.50. The van der Waals surface area contributed by atoms with Gasteiger partial charge in [-0.3, -0.25) is 9.78 Å². The molecule has 170 valence electrons. The third kappa shape index (κ3) is 4.00. The van der Waals surface area contributed by atoms with Gasteiger partial charge in [-0.1, -0.05) is 12.1 Å². The molecule has 0 aliphatic carbocycles. The minimum Gasteiger partial charge on any atom is -0.496 e. The largest absolute Gasteiger partial charge is 0.496 e. The molecule has 0 bridgehead atoms. The molecule has 1 atom stereocenters. The highest BCUT2D eigenvalue weighted by Gasteiger charge is 2.43. The van der Waals surface area contributed by atoms with E-state index >= 15 is 0 Å². The number of methoxy groups -OCH3 is 2. The number of rotatable bonds is 5. The molecule has 0 radical (unpaired) electrons. The molecule has 1 aliphatic rings. The third-order valence-electron chi connectivity index (χ3n) is 5.77. The average molecular weight is 450 g/mol. The lowest BCUT2D eigenvalue weighted by Gasteiger charge is -2.39. The summed E-state index contributed by atoms with van der Waals surface area (Å²) in [5.74, 6) is -0.693. The first-order chi connectivity index (χ1) is 15.9. The molecule has 33 heavy (non-hydrogen) atoms. The van der Waals surface area contributed by atoms with E-state index in [9.17, 15) is 14.0 Å². The number of esters is 1. The summed E-state index contributed by atoms with van der Waals surface area (Å²) in [7, 11) is 2.67. The smallest absolute Gasteiger partial charge is 0.341 e. The number of hydrogen-bond acceptors (Lipinski definition) is 6. The Morgan fingerprint density at radius 1 is 1.15 bits per heavy atom. The molecule has 4 rings (SSSR count). The number of nitrogens with zero attached hydrogens (tertiary/aromatic N) is 1. The van der Waals surface area contributed by atoms with Gasteiger partial charge in [0.2, 0.25) is 0 Å². The van der Waals surface area contributed by atoms with Crippen molar-refractivity contribution >= 4 is 11.9 Å². The Hall–Kier alpha value is -3.94. The molecule has 8 heteroatoms. The molecule has 1 N–H and O–H groups in total. The molecule has 0 saturated heterocycles. The number of hydrogen-bond donors (Lipinski definition) is 1. The van der Waals surface area contributed by atoms with Crippen molar-refractivity contribution in [1.29, 1.82) is 0 Å². The standard InChI is InChI=1S/C25H23FN2O5/c1-15-6-8-17(14-19(15)26)25(10-12-33-21-5-4-11-27-22(21)25)28-23(29)16-7-9-20(31-2)18(13-16)24(30)32-3/h4-9,11,13-14H,10,12H2,1-3H3,(H,28,29)/t25-/m0/s1. The van der Waals surface area contributed by atoms with Gasteiger partial charge in [-0.2, -0.15) is 0 Å². The zero-order chi connectivity index (χ0) is 23.6. The van der Waals surface area contributed by atoms with Gasteiger partial charge in [-0.05, 0) is 54.4 Å². The molecule has 2 heterocycles. The van der Waals surface area contributed by atoms with E-state index in [0.717, 1.165) is 0 Å². The molecule has 7 nitrogen and oxygen atoms in total. The Morgan fingerprint density at radius 3 is 2.70 bits per heavy atom. The zero-order valence-corrected chi connectivity index (χ0v) is 18.5. The van der Waals surface area contributed by atoms with Gasteiger partial charge >= 0.3 is 5.97 Å². The molecule has 0 spiro atoms. The van der Waals surface area contributed by atoms with Crippen LogP contribution in [0.4, 0.5) is 4.39 Å². The normalized spacial score (nSPS) is 16.8. The molecule has 0 fully saturated rings. The van der Waals surface area contributed by atoms with Gasteiger partial charge in [0.15, 0.2) is 0 Å². The van der Waals surface area contributed by atoms with Crippen molar-refractivity contribution in [1.82, 2.24) is 10.3 Å². The summed E-state index contributed by atoms with van der Waals surface area (Å²) in [6.45, 7) is 1.97. The summed E-state index contributed by atoms with van der Waals surface area (Å²) >= 11 is 0. The number of benzene rings is 2. The van der Waals surface area contributed by atoms with Gasteiger partial charge in [-0.25, -0.2) is 9.18 Å². The van der Waals surface area contributed by atoms with Crippen LogP contribution in [-0.2, 0) is 10.3 Å². The molecule has 1 aromatic heterocycles. The molecule has 0 unspecified atom stereocenters. The summed E-state index contributed by atoms with van der Waals surface area (Å²) in [5, 5.41) is 3.05. The summed E-state index contributed by atoms with van der Waals surface area (Å²) in [4.78, 5) is 30.1. The topological polar surface area (TPSA) is 86.8 Å². The maximum atomic E-state index is 14.6. The number of pyridine rings is 1. The van der Waals surface area contributed by atoms with Crippen LogP contribution in [0.2, 0.25) is 0 Å². The Morgan fingerprint density at radius 2 is 1.97 bits per heavy atom. The van der Waals surface area contributed by atoms with E-state index in [0.29, 0.717) is 35.6 Å². The summed E-state index contributed by atoms with van der Waals surface area (Å²) in [5.41, 5.74) is 0.719. The molecular weight excluding hydrogens is 427 g/mol. The number of carbonyl (C=O) groups excluding carboxylic acids is 2. The van der Waals surface area contributed by atoms with E-state index in [1.807, 2.05) is 0 Å². The number of nitrogens with one attached hydrogen (secondary N) is 1. The first-order valence-electron chi connectivity index (χ1n) is 10.3. The van der Waals surface area contributed by atoms with Gasteiger partial charge in [0.25, 0.3) is 5.91 Å². The number of carbonyl (C=O) groups is 2. The maximum Gasteiger partial charge on any atom is 0.341 e. The van der Waals surface area contributed by atoms with Gasteiger partial charge in [-0.15, -0.1) is 0 Å². The highest BCUT2D eigenvalue weighted by Crippen LogP contribution is 2.41. The van der Waals surface area contributed by atoms with Crippen molar-refractivity contribution < 1.29 is 28.2 Å². The van der Waals surface area contributed by atoms with E-state index in [1.54, 1.807) is 43.5 Å². The van der Waals surface area contributed by atoms with Crippen molar-refractivity contribution in [3.63, 3.8) is 0 Å². The van der Waals surface area contributed by atoms with E-state index in [1.165, 1.54) is 32.4 Å². The van der Waals surface area contributed by atoms with Gasteiger partial charge in [0.05, 0.1) is 20.8 Å². The quantitative estimate of drug-likeness (QED) is 0.596. The molecule has 2 aromatic carbocycles. The van der Waals surface area contributed by atoms with Crippen LogP contribution in [0.1, 0.15) is 44.0 Å². The van der Waals surface area contributed by atoms with Crippen molar-refractivity contribution in [3.05, 3.63) is 88.5 Å². The number of fused-ring (bicyclic) bond motifs is 1. The second-order valence-corrected chi connectivity index (χ2v) is 7.68. The second-order valence-electron chi connectivity index (χ2n) is 7.68. The fourth-order valence-corrected chi connectivity index (χ4v) is 3.98. The van der Waals surface area contributed by atoms with Crippen molar-refractivity contribution in [2.24, 2.45) is 0 Å². The summed E-state index contributed by atoms with van der Waals surface area (Å²) in [6.07, 6.45) is 1.94. The number of ether oxygens (including phenoxy) is 3. The van der Waals surface area contributed by atoms with Crippen LogP contribution in [0, 0.1) is 12.7 Å². The number of aryl methyl sites for hydroxylation is 1. The third-order valence-corrected chi connectivity index (χ3v) is 5.77. The summed E-state index contributed by atoms with van der Waals surface area (Å²) < 4.78 is 30.3. The Bertz CT molecular complexity index is 1230. The van der Waals surface area contributed by atoms with Crippen LogP contribution in [0.15, 0.2) is 54.7 Å². The molecule has 0 saturated carbocycles. The lowest BCUT2D eigenvalue weighted by atomic mass is 9.80. The predicted molar refractivity (Wildman–Crippen MR) is 118 cm³/mol. The second kappa shape index (κ2) is 8.90. The van der Waals surface area contributed by atoms with Crippen LogP contribution in [0.25, 0.3) is 0 Å². The van der Waals surface area contributed by atoms with Crippen molar-refractivity contribution in [2.45, 2.75) is 18.9 Å². The average Bonchev–Trinajstić information content (AvgIpc) is 2.84. The minimum absolute atomic E-state index is 0.119. The van der Waals surface area contributed by atoms with Crippen LogP contribution in [0.5, 0.6) is 11.5 Å². The summed E-state index contributed by atoms with van der Waals surface area (Å²) in [6, 6.07) is 12.8. The van der Waals surface area contributed by atoms with Gasteiger partial charge in [0.1, 0.15) is 34.1 Å². The molecule has 1 aliphatic heterocycles. The predicted octanol–water partition coefficient (Wildman–Crippen LogP) is 3.78. The van der Waals surface area contributed by atoms with Crippen LogP contribution >= 0.6 is 0 Å². The maximum absolute atomic E-state index is 14.6. The van der Waals surface area contributed by atoms with Crippen molar-refractivity contribution in [3.8, 4) is 11.5 Å². The SMILES string of the molecule is COC(=O)c1cc(C(=O)N[C@]2(c3ccc(C)c(F)c3)CCOc3cccnc32)ccc1OC. The van der Waals surface area contributed by atoms with E-state index in [4.69, 9.17) is 14.2 Å². The minimum atomic E-state index is -1.13. The molecular formula is C25H23FN2O5. The lowest BCUT2D eigenvalue weighted by molar-refractivity contribution is 0.0597. The number of aromatic nitrogens is 1. The monoisotopic (exact) mass is 450 g/mol. The van der Waals surface area contributed by atoms with Crippen LogP contribution < -0.4 is 14.8 Å². The van der Waals surface area contributed by atoms with Crippen LogP contribution in [-0.4, -0.2) is 37.7 Å². The van der Waals surface area contributed by atoms with Gasteiger partial charge in [0, 0.05) is 18.2 Å². The first kappa shape index (κ1) is 22.3. The highest BCUT2D eigenvalue weighted by atomic mass is 19.1. The van der Waals surface area contributed by atoms with Crippen LogP contribution in [0.3, 0.4) is 0 Å². The Labute approximate surface area is 190 Å². The zero-order valence-electron chi connectivity index (χ0n) is 18.5. The van der Waals surface area contributed by atoms with E-state index < -0.39 is 17.4 Å². The van der Waals surface area contributed by atoms with E-state index in [-0.39, 0.29) is 22.7 Å². The number of halogens is 1. The first-order valence-corrected chi connectivity index (χ1v) is 10.3. The number of amides is 1. The fraction of sp³-hybridized carbons (Fsp3) is 0.240.